The molecule has 2 N–H and O–H groups in total. The van der Waals surface area contributed by atoms with Crippen LogP contribution < -0.4 is 5.32 Å². The molecule has 3 aromatic rings. The molecule has 1 aromatic heterocycles. The zero-order chi connectivity index (χ0) is 14.8. The van der Waals surface area contributed by atoms with E-state index in [9.17, 15) is 4.79 Å². The van der Waals surface area contributed by atoms with Crippen molar-refractivity contribution in [2.75, 3.05) is 5.32 Å². The number of benzene rings is 2. The molecule has 106 valence electrons. The minimum Gasteiger partial charge on any atom is -0.475 e. The number of hydrogen-bond donors (Lipinski definition) is 2. The van der Waals surface area contributed by atoms with Gasteiger partial charge in [-0.3, -0.25) is 0 Å². The van der Waals surface area contributed by atoms with Gasteiger partial charge in [-0.25, -0.2) is 4.79 Å². The standard InChI is InChI=1S/C16H12INO3/c17-12-2-4-13(5-3-12)18-9-10-1-6-14-11(7-10)8-15(21-14)16(19)20/h1-8,18H,9H2,(H,19,20). The lowest BCUT2D eigenvalue weighted by Crippen LogP contribution is -1.98. The quantitative estimate of drug-likeness (QED) is 0.648. The number of hydrogen-bond acceptors (Lipinski definition) is 3. The fourth-order valence-corrected chi connectivity index (χ4v) is 2.44. The highest BCUT2D eigenvalue weighted by molar-refractivity contribution is 14.1. The Morgan fingerprint density at radius 3 is 2.62 bits per heavy atom. The summed E-state index contributed by atoms with van der Waals surface area (Å²) in [5.74, 6) is -1.09. The van der Waals surface area contributed by atoms with Crippen LogP contribution in [0.5, 0.6) is 0 Å². The third kappa shape index (κ3) is 3.18. The Morgan fingerprint density at radius 1 is 1.14 bits per heavy atom. The van der Waals surface area contributed by atoms with E-state index in [0.717, 1.165) is 16.6 Å². The summed E-state index contributed by atoms with van der Waals surface area (Å²) < 4.78 is 6.43. The van der Waals surface area contributed by atoms with Gasteiger partial charge in [0.2, 0.25) is 5.76 Å². The van der Waals surface area contributed by atoms with Gasteiger partial charge in [0.25, 0.3) is 0 Å². The van der Waals surface area contributed by atoms with Crippen LogP contribution in [0.2, 0.25) is 0 Å². The third-order valence-electron chi connectivity index (χ3n) is 3.13. The van der Waals surface area contributed by atoms with Gasteiger partial charge in [-0.1, -0.05) is 6.07 Å². The molecular formula is C16H12INO3. The van der Waals surface area contributed by atoms with Crippen molar-refractivity contribution in [1.29, 1.82) is 0 Å². The molecule has 0 fully saturated rings. The van der Waals surface area contributed by atoms with E-state index in [1.807, 2.05) is 36.4 Å². The van der Waals surface area contributed by atoms with Crippen molar-refractivity contribution in [2.24, 2.45) is 0 Å². The molecule has 2 aromatic carbocycles. The lowest BCUT2D eigenvalue weighted by Gasteiger charge is -2.06. The Bertz CT molecular complexity index is 793. The first-order valence-electron chi connectivity index (χ1n) is 6.37. The summed E-state index contributed by atoms with van der Waals surface area (Å²) in [5.41, 5.74) is 2.71. The first-order valence-corrected chi connectivity index (χ1v) is 7.45. The summed E-state index contributed by atoms with van der Waals surface area (Å²) in [7, 11) is 0. The number of anilines is 1. The Balaban J connectivity index is 1.77. The molecule has 0 atom stereocenters. The van der Waals surface area contributed by atoms with Gasteiger partial charge in [-0.15, -0.1) is 0 Å². The number of fused-ring (bicyclic) bond motifs is 1. The number of carboxylic acids is 1. The normalized spacial score (nSPS) is 10.7. The number of carbonyl (C=O) groups is 1. The van der Waals surface area contributed by atoms with Crippen molar-refractivity contribution in [1.82, 2.24) is 0 Å². The molecular weight excluding hydrogens is 381 g/mol. The van der Waals surface area contributed by atoms with Crippen molar-refractivity contribution >= 4 is 45.2 Å². The van der Waals surface area contributed by atoms with Gasteiger partial charge in [0, 0.05) is 21.2 Å². The van der Waals surface area contributed by atoms with Gasteiger partial charge in [0.1, 0.15) is 5.58 Å². The molecule has 3 rings (SSSR count). The van der Waals surface area contributed by atoms with E-state index >= 15 is 0 Å². The van der Waals surface area contributed by atoms with Crippen molar-refractivity contribution in [3.05, 3.63) is 63.4 Å². The van der Waals surface area contributed by atoms with Crippen LogP contribution >= 0.6 is 22.6 Å². The molecule has 0 radical (unpaired) electrons. The van der Waals surface area contributed by atoms with E-state index in [2.05, 4.69) is 27.9 Å². The topological polar surface area (TPSA) is 62.5 Å². The second-order valence-electron chi connectivity index (χ2n) is 4.65. The zero-order valence-corrected chi connectivity index (χ0v) is 13.1. The zero-order valence-electron chi connectivity index (χ0n) is 11.0. The van der Waals surface area contributed by atoms with Crippen molar-refractivity contribution in [2.45, 2.75) is 6.54 Å². The van der Waals surface area contributed by atoms with E-state index in [-0.39, 0.29) is 5.76 Å². The van der Waals surface area contributed by atoms with Gasteiger partial charge >= 0.3 is 5.97 Å². The minimum absolute atomic E-state index is 0.0345. The second-order valence-corrected chi connectivity index (χ2v) is 5.89. The molecule has 5 heteroatoms. The highest BCUT2D eigenvalue weighted by atomic mass is 127. The number of furan rings is 1. The van der Waals surface area contributed by atoms with Crippen LogP contribution in [0.25, 0.3) is 11.0 Å². The smallest absolute Gasteiger partial charge is 0.371 e. The maximum Gasteiger partial charge on any atom is 0.371 e. The summed E-state index contributed by atoms with van der Waals surface area (Å²) in [5, 5.41) is 13.1. The Kier molecular flexibility index (Phi) is 3.83. The lowest BCUT2D eigenvalue weighted by molar-refractivity contribution is 0.0665. The summed E-state index contributed by atoms with van der Waals surface area (Å²) in [6.07, 6.45) is 0. The number of aromatic carboxylic acids is 1. The van der Waals surface area contributed by atoms with Crippen molar-refractivity contribution in [3.63, 3.8) is 0 Å². The van der Waals surface area contributed by atoms with Gasteiger partial charge in [-0.05, 0) is 70.6 Å². The molecule has 0 amide bonds. The molecule has 4 nitrogen and oxygen atoms in total. The molecule has 0 bridgehead atoms. The number of halogens is 1. The van der Waals surface area contributed by atoms with E-state index in [1.54, 1.807) is 12.1 Å². The number of carboxylic acid groups (broad SMARTS) is 1. The lowest BCUT2D eigenvalue weighted by atomic mass is 10.1. The molecule has 0 aliphatic carbocycles. The number of rotatable bonds is 4. The summed E-state index contributed by atoms with van der Waals surface area (Å²) in [6.45, 7) is 0.671. The fraction of sp³-hybridized carbons (Fsp3) is 0.0625. The summed E-state index contributed by atoms with van der Waals surface area (Å²) >= 11 is 2.27. The molecule has 0 spiro atoms. The van der Waals surface area contributed by atoms with Crippen molar-refractivity contribution < 1.29 is 14.3 Å². The van der Waals surface area contributed by atoms with Crippen LogP contribution in [0.3, 0.4) is 0 Å². The van der Waals surface area contributed by atoms with Gasteiger partial charge in [0.05, 0.1) is 0 Å². The fourth-order valence-electron chi connectivity index (χ4n) is 2.08. The molecule has 1 heterocycles. The maximum absolute atomic E-state index is 10.9. The summed E-state index contributed by atoms with van der Waals surface area (Å²) in [6, 6.07) is 15.4. The Hall–Kier alpha value is -2.02. The minimum atomic E-state index is -1.05. The van der Waals surface area contributed by atoms with E-state index < -0.39 is 5.97 Å². The average molecular weight is 393 g/mol. The molecule has 0 saturated heterocycles. The molecule has 0 aliphatic heterocycles. The second kappa shape index (κ2) is 5.77. The highest BCUT2D eigenvalue weighted by Crippen LogP contribution is 2.21. The maximum atomic E-state index is 10.9. The van der Waals surface area contributed by atoms with Crippen LogP contribution in [0, 0.1) is 3.57 Å². The molecule has 0 saturated carbocycles. The third-order valence-corrected chi connectivity index (χ3v) is 3.85. The van der Waals surface area contributed by atoms with E-state index in [4.69, 9.17) is 9.52 Å². The van der Waals surface area contributed by atoms with Crippen LogP contribution in [0.1, 0.15) is 16.1 Å². The first-order chi connectivity index (χ1) is 10.1. The van der Waals surface area contributed by atoms with Gasteiger partial charge in [-0.2, -0.15) is 0 Å². The van der Waals surface area contributed by atoms with Crippen molar-refractivity contribution in [3.8, 4) is 0 Å². The predicted octanol–water partition coefficient (Wildman–Crippen LogP) is 4.35. The average Bonchev–Trinajstić information content (AvgIpc) is 2.90. The summed E-state index contributed by atoms with van der Waals surface area (Å²) in [4.78, 5) is 10.9. The van der Waals surface area contributed by atoms with Crippen LogP contribution in [0.4, 0.5) is 5.69 Å². The van der Waals surface area contributed by atoms with Crippen LogP contribution in [-0.4, -0.2) is 11.1 Å². The van der Waals surface area contributed by atoms with Gasteiger partial charge < -0.3 is 14.8 Å². The van der Waals surface area contributed by atoms with Crippen LogP contribution in [0.15, 0.2) is 52.9 Å². The molecule has 0 unspecified atom stereocenters. The van der Waals surface area contributed by atoms with E-state index in [1.165, 1.54) is 3.57 Å². The highest BCUT2D eigenvalue weighted by Gasteiger charge is 2.10. The Morgan fingerprint density at radius 2 is 1.90 bits per heavy atom. The Labute approximate surface area is 134 Å². The SMILES string of the molecule is O=C(O)c1cc2cc(CNc3ccc(I)cc3)ccc2o1. The van der Waals surface area contributed by atoms with E-state index in [0.29, 0.717) is 12.1 Å². The first kappa shape index (κ1) is 13.9. The van der Waals surface area contributed by atoms with Gasteiger partial charge in [0.15, 0.2) is 0 Å². The monoisotopic (exact) mass is 393 g/mol. The predicted molar refractivity (Wildman–Crippen MR) is 89.7 cm³/mol. The molecule has 0 aliphatic rings. The number of nitrogens with one attached hydrogen (secondary N) is 1. The van der Waals surface area contributed by atoms with Crippen LogP contribution in [-0.2, 0) is 6.54 Å². The molecule has 21 heavy (non-hydrogen) atoms. The largest absolute Gasteiger partial charge is 0.475 e.